The van der Waals surface area contributed by atoms with Gasteiger partial charge in [0.15, 0.2) is 23.0 Å². The van der Waals surface area contributed by atoms with Crippen LogP contribution in [0.1, 0.15) is 152 Å². The summed E-state index contributed by atoms with van der Waals surface area (Å²) in [4.78, 5) is 72.3. The molecule has 38 heteroatoms. The molecule has 8 aromatic carbocycles. The summed E-state index contributed by atoms with van der Waals surface area (Å²) in [6.45, 7) is 3.06. The lowest BCUT2D eigenvalue weighted by molar-refractivity contribution is -0.121. The number of aromatic hydroxyl groups is 1. The van der Waals surface area contributed by atoms with Crippen molar-refractivity contribution < 1.29 is 118 Å². The van der Waals surface area contributed by atoms with Crippen molar-refractivity contribution in [2.75, 3.05) is 96.7 Å². The van der Waals surface area contributed by atoms with E-state index in [1.54, 1.807) is 184 Å². The third-order valence-corrected chi connectivity index (χ3v) is 37.6. The van der Waals surface area contributed by atoms with E-state index < -0.39 is 61.8 Å². The monoisotopic (exact) mass is 2130 g/mol. The molecule has 0 unspecified atom stereocenters. The number of aryl methyl sites for hydroxylation is 1. The minimum atomic E-state index is -3.70. The van der Waals surface area contributed by atoms with Crippen LogP contribution >= 0.6 is 11.6 Å². The van der Waals surface area contributed by atoms with Crippen LogP contribution in [-0.4, -0.2) is 225 Å². The molecular formula is C110H138ClN11O22S4. The van der Waals surface area contributed by atoms with Crippen molar-refractivity contribution in [3.63, 3.8) is 0 Å². The summed E-state index contributed by atoms with van der Waals surface area (Å²) >= 11 is 6.15. The van der Waals surface area contributed by atoms with Gasteiger partial charge in [0.1, 0.15) is 34.7 Å². The number of halogens is 1. The lowest BCUT2D eigenvalue weighted by Gasteiger charge is -2.22. The zero-order chi connectivity index (χ0) is 104. The third kappa shape index (κ3) is 21.7. The first kappa shape index (κ1) is 105. The van der Waals surface area contributed by atoms with Crippen molar-refractivity contribution in [2.45, 2.75) is 181 Å². The highest BCUT2D eigenvalue weighted by atomic mass is 35.5. The molecule has 9 heterocycles. The number of Topliss-reactive ketones (excluding diaryl/α,β-unsaturated/α-hetero) is 1. The Bertz CT molecular complexity index is 7130. The van der Waals surface area contributed by atoms with E-state index in [4.69, 9.17) is 40.3 Å². The highest BCUT2D eigenvalue weighted by Crippen LogP contribution is 2.55. The number of phenols is 1. The Morgan fingerprint density at radius 2 is 0.696 bits per heavy atom. The molecule has 148 heavy (non-hydrogen) atoms. The van der Waals surface area contributed by atoms with Crippen LogP contribution in [0.2, 0.25) is 5.02 Å². The lowest BCUT2D eigenvalue weighted by atomic mass is 9.88. The van der Waals surface area contributed by atoms with Crippen LogP contribution in [0.25, 0.3) is 45.0 Å². The van der Waals surface area contributed by atoms with E-state index in [-0.39, 0.29) is 128 Å². The molecule has 4 saturated heterocycles. The number of ether oxygens (including phenoxy) is 5. The topological polar surface area (TPSA) is 453 Å². The van der Waals surface area contributed by atoms with Gasteiger partial charge in [0, 0.05) is 100 Å². The van der Waals surface area contributed by atoms with Gasteiger partial charge < -0.3 is 65.2 Å². The van der Waals surface area contributed by atoms with E-state index >= 15 is 0 Å². The summed E-state index contributed by atoms with van der Waals surface area (Å²) in [5, 5.41) is 57.6. The molecule has 4 atom stereocenters. The number of aliphatic hydroxyl groups is 4. The SMILES string of the molecule is COc1cc(C2(C(=O)Nc3cccc(-c4ccc(S(=O)(=O)N5CCC[C@@H]5CO)cc4)n3)CC2)ccc1Cl.COc1ccc(C2(C(=O)Nc3cccc(-c4ccc(S(=O)(=O)N5CCC[C@@H]5CO)cc4)n3)CC2)cc1C.COc1ccc(C2(C(=O)Nc3cccc(-c4ccc(S(=O)(=O)N5CCC[C@@H]5CO)cc4)n3)CC2)cc1O.O=C(Cc1cccc(-c2ccc(S(=O)(=O)N3CCC[C@@H]3CO)cc2)n1)C1(c2ccc3c(c2)OCO3)CC1.[HH].[HH].[HH].[HH].[HH].[HH].[HH].[HH].[HH].[HH].[HH]. The van der Waals surface area contributed by atoms with Crippen LogP contribution in [0.4, 0.5) is 17.5 Å². The Hall–Kier alpha value is -13.0. The van der Waals surface area contributed by atoms with E-state index in [1.165, 1.54) is 24.3 Å². The number of pyridine rings is 4. The van der Waals surface area contributed by atoms with Gasteiger partial charge in [-0.25, -0.2) is 48.6 Å². The Morgan fingerprint density at radius 3 is 1.04 bits per heavy atom. The number of aliphatic hydroxyl groups excluding tert-OH is 4. The first-order valence-electron chi connectivity index (χ1n) is 49.3. The molecule has 8 N–H and O–H groups in total. The number of ketones is 1. The van der Waals surface area contributed by atoms with Gasteiger partial charge in [-0.2, -0.15) is 17.2 Å². The number of rotatable bonds is 32. The van der Waals surface area contributed by atoms with Gasteiger partial charge in [-0.1, -0.05) is 115 Å². The Morgan fingerprint density at radius 1 is 0.378 bits per heavy atom. The number of hydrogen-bond donors (Lipinski definition) is 8. The molecular weight excluding hydrogens is 1990 g/mol. The Labute approximate surface area is 881 Å². The molecule has 9 aliphatic rings. The lowest BCUT2D eigenvalue weighted by Crippen LogP contribution is -2.37. The highest BCUT2D eigenvalue weighted by Gasteiger charge is 2.55. The van der Waals surface area contributed by atoms with Crippen LogP contribution < -0.4 is 39.6 Å². The normalized spacial score (nSPS) is 19.2. The van der Waals surface area contributed by atoms with Gasteiger partial charge in [-0.3, -0.25) is 24.2 Å². The molecule has 4 aromatic heterocycles. The van der Waals surface area contributed by atoms with Crippen LogP contribution in [0.5, 0.6) is 34.5 Å². The van der Waals surface area contributed by atoms with Crippen LogP contribution in [-0.2, 0) is 87.4 Å². The summed E-state index contributed by atoms with van der Waals surface area (Å²) in [6.07, 6.45) is 11.7. The first-order chi connectivity index (χ1) is 71.2. The number of fused-ring (bicyclic) bond motifs is 1. The van der Waals surface area contributed by atoms with E-state index in [0.717, 1.165) is 102 Å². The maximum absolute atomic E-state index is 13.4. The summed E-state index contributed by atoms with van der Waals surface area (Å²) in [5.74, 6) is 3.96. The Kier molecular flexibility index (Phi) is 31.0. The first-order valence-corrected chi connectivity index (χ1v) is 55.4. The van der Waals surface area contributed by atoms with Crippen molar-refractivity contribution >= 4 is 92.7 Å². The molecule has 4 aliphatic carbocycles. The fourth-order valence-corrected chi connectivity index (χ4v) is 27.2. The van der Waals surface area contributed by atoms with Gasteiger partial charge in [-0.05, 0) is 277 Å². The maximum atomic E-state index is 13.4. The van der Waals surface area contributed by atoms with Crippen LogP contribution in [0.15, 0.2) is 262 Å². The van der Waals surface area contributed by atoms with Gasteiger partial charge in [0.2, 0.25) is 64.6 Å². The van der Waals surface area contributed by atoms with E-state index in [2.05, 4.69) is 30.9 Å². The van der Waals surface area contributed by atoms with Crippen molar-refractivity contribution in [1.82, 2.24) is 37.2 Å². The van der Waals surface area contributed by atoms with E-state index in [0.29, 0.717) is 157 Å². The fraction of sp³-hybridized carbons (Fsp3) is 0.345. The molecule has 0 bridgehead atoms. The number of sulfonamides is 4. The quantitative estimate of drug-likeness (QED) is 0.0194. The Balaban J connectivity index is 0.000000279. The molecule has 21 rings (SSSR count). The summed E-state index contributed by atoms with van der Waals surface area (Å²) in [6, 6.07) is 68.2. The second-order valence-corrected chi connectivity index (χ2v) is 46.5. The second-order valence-electron chi connectivity index (χ2n) is 38.5. The number of benzene rings is 8. The van der Waals surface area contributed by atoms with Gasteiger partial charge >= 0.3 is 0 Å². The average molecular weight is 2130 g/mol. The number of nitrogens with zero attached hydrogens (tertiary/aromatic N) is 8. The number of anilines is 3. The number of carbonyl (C=O) groups excluding carboxylic acids is 4. The third-order valence-electron chi connectivity index (χ3n) is 29.4. The zero-order valence-corrected chi connectivity index (χ0v) is 86.1. The largest absolute Gasteiger partial charge is 0.504 e. The fourth-order valence-electron chi connectivity index (χ4n) is 20.2. The number of phenolic OH excluding ortho intramolecular Hbond substituents is 1. The van der Waals surface area contributed by atoms with Gasteiger partial charge in [0.25, 0.3) is 0 Å². The number of amides is 3. The average Bonchev–Trinajstić information content (AvgIpc) is 1.57. The molecule has 5 aliphatic heterocycles. The number of carbonyl (C=O) groups is 4. The number of aromatic nitrogens is 4. The number of nitrogens with one attached hydrogen (secondary N) is 3. The predicted octanol–water partition coefficient (Wildman–Crippen LogP) is 17.6. The number of methoxy groups -OCH3 is 3. The number of hydrogen-bond acceptors (Lipinski definition) is 26. The molecule has 4 saturated carbocycles. The van der Waals surface area contributed by atoms with Crippen LogP contribution in [0.3, 0.4) is 0 Å². The maximum Gasteiger partial charge on any atom is 0.243 e. The molecule has 3 amide bonds. The molecule has 8 fully saturated rings. The minimum Gasteiger partial charge on any atom is -0.504 e. The van der Waals surface area contributed by atoms with Crippen LogP contribution in [0, 0.1) is 6.92 Å². The predicted molar refractivity (Wildman–Crippen MR) is 579 cm³/mol. The second kappa shape index (κ2) is 43.7. The van der Waals surface area contributed by atoms with Crippen molar-refractivity contribution in [3.8, 4) is 79.5 Å². The summed E-state index contributed by atoms with van der Waals surface area (Å²) in [5.41, 5.74) is 8.15. The molecule has 33 nitrogen and oxygen atoms in total. The van der Waals surface area contributed by atoms with Crippen molar-refractivity contribution in [3.05, 3.63) is 281 Å². The minimum absolute atomic E-state index is 0. The summed E-state index contributed by atoms with van der Waals surface area (Å²) in [7, 11) is -10.1. The van der Waals surface area contributed by atoms with Gasteiger partial charge in [-0.15, -0.1) is 0 Å². The van der Waals surface area contributed by atoms with Crippen molar-refractivity contribution in [2.24, 2.45) is 0 Å². The smallest absolute Gasteiger partial charge is 0.243 e. The highest BCUT2D eigenvalue weighted by molar-refractivity contribution is 7.90. The molecule has 0 radical (unpaired) electrons. The van der Waals surface area contributed by atoms with Crippen molar-refractivity contribution in [1.29, 1.82) is 0 Å². The van der Waals surface area contributed by atoms with Gasteiger partial charge in [0.05, 0.1) is 117 Å². The summed E-state index contributed by atoms with van der Waals surface area (Å²) < 4.78 is 137. The van der Waals surface area contributed by atoms with E-state index in [1.807, 2.05) is 79.7 Å². The standard InChI is InChI=1S/C28H31N3O5S.C28H28N2O6S.C27H28ClN3O5S.C27H29N3O6S.11H2/c1-19-17-21(10-13-25(19)36-2)28(14-15-28)27(33)30-26-7-3-6-24(29-26)20-8-11-23(12-9-20)37(34,35)31-16-4-5-22(31)18-32;31-17-22-4-2-14-30(22)37(33,34)23-9-6-19(7-10-23)24-5-1-3-21(29-24)16-27(32)28(12-13-28)20-8-11-25-26(15-20)36-18-35-25;1-36-24-16-19(9-12-22(24)28)27(13-14-27)26(33)30-25-6-2-5-23(29-25)18-7-10-21(11-8-18)37(34,35)31-15-3-4-20(31)17-32;1-36-24-12-9-19(16-23(24)32)27(13-14-27)26(33)29-25-6-2-5-22(28-25)18-7-10-21(11-8-18)37(34,35)30-15-3-4-20(30)17-31;;;;;;;;;;;/h3,6-13,17,22,32H,4-5,14-16,18H2,1-2H3,(H,29,30,33);1,3,5-11,15,22,31H,2,4,12-14,16-18H2;2,5-12,16,20,32H,3-4,13-15,17H2,1H3,(H,29,30,33);2,5-12,16,20,31-32H,3-4,13-15,17H2,1H3,(H,28,29,33);11*1H/t2*22-;2*20-;;;;;;;;;;;/m1111.........../s1. The molecule has 0 spiro atoms. The molecule has 12 aromatic rings. The van der Waals surface area contributed by atoms with E-state index in [9.17, 15) is 78.4 Å². The molecule has 796 valence electrons. The zero-order valence-electron chi connectivity index (χ0n) is 82.1.